The maximum atomic E-state index is 12.1. The van der Waals surface area contributed by atoms with Gasteiger partial charge in [0.15, 0.2) is 5.65 Å². The zero-order valence-corrected chi connectivity index (χ0v) is 9.51. The molecule has 6 heteroatoms. The first kappa shape index (κ1) is 11.3. The number of methoxy groups -OCH3 is 1. The van der Waals surface area contributed by atoms with Gasteiger partial charge in [-0.15, -0.1) is 0 Å². The minimum atomic E-state index is -0.486. The van der Waals surface area contributed by atoms with E-state index in [0.29, 0.717) is 16.9 Å². The van der Waals surface area contributed by atoms with Crippen LogP contribution in [0.15, 0.2) is 23.1 Å². The maximum Gasteiger partial charge on any atom is 0.325 e. The van der Waals surface area contributed by atoms with Crippen LogP contribution in [0.4, 0.5) is 0 Å². The molecule has 0 radical (unpaired) electrons. The highest BCUT2D eigenvalue weighted by Gasteiger charge is 2.11. The minimum absolute atomic E-state index is 0.140. The second-order valence-corrected chi connectivity index (χ2v) is 3.50. The number of hydrogen-bond acceptors (Lipinski definition) is 5. The predicted octanol–water partition coefficient (Wildman–Crippen LogP) is 0.273. The van der Waals surface area contributed by atoms with Crippen LogP contribution in [-0.2, 0) is 16.1 Å². The van der Waals surface area contributed by atoms with Gasteiger partial charge >= 0.3 is 5.97 Å². The van der Waals surface area contributed by atoms with Gasteiger partial charge in [0.1, 0.15) is 12.4 Å². The van der Waals surface area contributed by atoms with Crippen LogP contribution in [0.2, 0.25) is 0 Å². The van der Waals surface area contributed by atoms with Gasteiger partial charge < -0.3 is 4.74 Å². The molecule has 0 aromatic carbocycles. The lowest BCUT2D eigenvalue weighted by Gasteiger charge is -2.08. The van der Waals surface area contributed by atoms with Crippen molar-refractivity contribution in [3.05, 3.63) is 34.5 Å². The van der Waals surface area contributed by atoms with E-state index in [2.05, 4.69) is 14.7 Å². The molecule has 0 saturated carbocycles. The van der Waals surface area contributed by atoms with Crippen molar-refractivity contribution in [1.82, 2.24) is 14.5 Å². The first-order valence-corrected chi connectivity index (χ1v) is 5.02. The van der Waals surface area contributed by atoms with Gasteiger partial charge in [-0.05, 0) is 19.1 Å². The van der Waals surface area contributed by atoms with Crippen molar-refractivity contribution in [3.8, 4) is 0 Å². The Morgan fingerprint density at radius 2 is 2.29 bits per heavy atom. The van der Waals surface area contributed by atoms with Crippen molar-refractivity contribution in [3.63, 3.8) is 0 Å². The molecule has 0 aliphatic heterocycles. The van der Waals surface area contributed by atoms with E-state index in [0.717, 1.165) is 0 Å². The topological polar surface area (TPSA) is 74.1 Å². The molecule has 2 aromatic heterocycles. The molecule has 2 aromatic rings. The molecule has 0 bridgehead atoms. The van der Waals surface area contributed by atoms with Gasteiger partial charge in [-0.25, -0.2) is 9.97 Å². The molecule has 0 aliphatic carbocycles. The number of aryl methyl sites for hydroxylation is 1. The molecular formula is C11H11N3O3. The number of rotatable bonds is 2. The maximum absolute atomic E-state index is 12.1. The number of ether oxygens (including phenoxy) is 1. The van der Waals surface area contributed by atoms with Gasteiger partial charge in [-0.2, -0.15) is 0 Å². The number of pyridine rings is 1. The molecule has 0 aliphatic rings. The van der Waals surface area contributed by atoms with Crippen molar-refractivity contribution in [1.29, 1.82) is 0 Å². The lowest BCUT2D eigenvalue weighted by Crippen LogP contribution is -2.28. The Kier molecular flexibility index (Phi) is 2.86. The summed E-state index contributed by atoms with van der Waals surface area (Å²) in [6.07, 6.45) is 1.57. The van der Waals surface area contributed by atoms with Crippen LogP contribution in [-0.4, -0.2) is 27.6 Å². The molecule has 17 heavy (non-hydrogen) atoms. The van der Waals surface area contributed by atoms with E-state index >= 15 is 0 Å². The van der Waals surface area contributed by atoms with Crippen LogP contribution in [0.1, 0.15) is 5.82 Å². The third kappa shape index (κ3) is 2.01. The average Bonchev–Trinajstić information content (AvgIpc) is 2.34. The van der Waals surface area contributed by atoms with Gasteiger partial charge in [0.25, 0.3) is 5.56 Å². The summed E-state index contributed by atoms with van der Waals surface area (Å²) in [5, 5.41) is 0.391. The van der Waals surface area contributed by atoms with Crippen molar-refractivity contribution < 1.29 is 9.53 Å². The summed E-state index contributed by atoms with van der Waals surface area (Å²) < 4.78 is 5.81. The monoisotopic (exact) mass is 233 g/mol. The van der Waals surface area contributed by atoms with Crippen LogP contribution < -0.4 is 5.56 Å². The molecule has 0 saturated heterocycles. The average molecular weight is 233 g/mol. The number of aromatic nitrogens is 3. The van der Waals surface area contributed by atoms with E-state index in [1.54, 1.807) is 25.3 Å². The molecule has 0 N–H and O–H groups in total. The Morgan fingerprint density at radius 3 is 3.00 bits per heavy atom. The Morgan fingerprint density at radius 1 is 1.53 bits per heavy atom. The van der Waals surface area contributed by atoms with E-state index in [-0.39, 0.29) is 12.1 Å². The third-order valence-corrected chi connectivity index (χ3v) is 2.44. The smallest absolute Gasteiger partial charge is 0.325 e. The van der Waals surface area contributed by atoms with Gasteiger partial charge in [0.2, 0.25) is 0 Å². The number of nitrogens with zero attached hydrogens (tertiary/aromatic N) is 3. The quantitative estimate of drug-likeness (QED) is 0.696. The lowest BCUT2D eigenvalue weighted by molar-refractivity contribution is -0.141. The van der Waals surface area contributed by atoms with Gasteiger partial charge in [-0.3, -0.25) is 14.2 Å². The van der Waals surface area contributed by atoms with Gasteiger partial charge in [-0.1, -0.05) is 0 Å². The zero-order valence-electron chi connectivity index (χ0n) is 9.51. The van der Waals surface area contributed by atoms with Crippen LogP contribution in [0.25, 0.3) is 11.0 Å². The van der Waals surface area contributed by atoms with Crippen molar-refractivity contribution in [2.24, 2.45) is 0 Å². The summed E-state index contributed by atoms with van der Waals surface area (Å²) in [5.41, 5.74) is 0.0992. The van der Waals surface area contributed by atoms with Crippen LogP contribution in [0.3, 0.4) is 0 Å². The lowest BCUT2D eigenvalue weighted by atomic mass is 10.3. The second-order valence-electron chi connectivity index (χ2n) is 3.50. The summed E-state index contributed by atoms with van der Waals surface area (Å²) in [5.74, 6) is -0.0492. The molecule has 0 amide bonds. The van der Waals surface area contributed by atoms with E-state index in [1.165, 1.54) is 11.7 Å². The van der Waals surface area contributed by atoms with Crippen LogP contribution in [0.5, 0.6) is 0 Å². The van der Waals surface area contributed by atoms with E-state index in [9.17, 15) is 9.59 Å². The summed E-state index contributed by atoms with van der Waals surface area (Å²) >= 11 is 0. The van der Waals surface area contributed by atoms with Gasteiger partial charge in [0.05, 0.1) is 12.5 Å². The van der Waals surface area contributed by atoms with Crippen LogP contribution in [0, 0.1) is 6.92 Å². The first-order valence-electron chi connectivity index (χ1n) is 5.02. The summed E-state index contributed by atoms with van der Waals surface area (Å²) in [4.78, 5) is 31.4. The first-order chi connectivity index (χ1) is 8.13. The molecule has 2 heterocycles. The summed E-state index contributed by atoms with van der Waals surface area (Å²) in [6.45, 7) is 1.51. The highest BCUT2D eigenvalue weighted by Crippen LogP contribution is 2.04. The molecule has 0 atom stereocenters. The van der Waals surface area contributed by atoms with Gasteiger partial charge in [0, 0.05) is 6.20 Å². The molecule has 6 nitrogen and oxygen atoms in total. The van der Waals surface area contributed by atoms with Crippen LogP contribution >= 0.6 is 0 Å². The number of fused-ring (bicyclic) bond motifs is 1. The highest BCUT2D eigenvalue weighted by atomic mass is 16.5. The fraction of sp³-hybridized carbons (Fsp3) is 0.273. The normalized spacial score (nSPS) is 10.5. The van der Waals surface area contributed by atoms with Crippen molar-refractivity contribution >= 4 is 17.0 Å². The summed E-state index contributed by atoms with van der Waals surface area (Å²) in [6, 6.07) is 3.29. The van der Waals surface area contributed by atoms with E-state index in [4.69, 9.17) is 0 Å². The third-order valence-electron chi connectivity index (χ3n) is 2.44. The highest BCUT2D eigenvalue weighted by molar-refractivity contribution is 5.74. The number of hydrogen-bond donors (Lipinski definition) is 0. The Hall–Kier alpha value is -2.24. The molecule has 0 fully saturated rings. The molecule has 0 spiro atoms. The fourth-order valence-electron chi connectivity index (χ4n) is 1.54. The molecule has 88 valence electrons. The second kappa shape index (κ2) is 4.32. The van der Waals surface area contributed by atoms with E-state index < -0.39 is 5.97 Å². The standard InChI is InChI=1S/C11H11N3O3/c1-7-13-10-8(4-3-5-12-10)11(16)14(7)6-9(15)17-2/h3-5H,6H2,1-2H3. The molecule has 2 rings (SSSR count). The predicted molar refractivity (Wildman–Crippen MR) is 60.6 cm³/mol. The van der Waals surface area contributed by atoms with Crippen molar-refractivity contribution in [2.45, 2.75) is 13.5 Å². The largest absolute Gasteiger partial charge is 0.468 e. The SMILES string of the molecule is COC(=O)Cn1c(C)nc2ncccc2c1=O. The minimum Gasteiger partial charge on any atom is -0.468 e. The zero-order chi connectivity index (χ0) is 12.4. The summed E-state index contributed by atoms with van der Waals surface area (Å²) in [7, 11) is 1.28. The molecule has 0 unspecified atom stereocenters. The Balaban J connectivity index is 2.64. The molecular weight excluding hydrogens is 222 g/mol. The Bertz CT molecular complexity index is 633. The van der Waals surface area contributed by atoms with Crippen molar-refractivity contribution in [2.75, 3.05) is 7.11 Å². The van der Waals surface area contributed by atoms with E-state index in [1.807, 2.05) is 0 Å². The Labute approximate surface area is 96.9 Å². The number of carbonyl (C=O) groups is 1. The number of esters is 1. The number of carbonyl (C=O) groups excluding carboxylic acids is 1. The fourth-order valence-corrected chi connectivity index (χ4v) is 1.54.